The van der Waals surface area contributed by atoms with Crippen LogP contribution in [0.2, 0.25) is 0 Å². The Hall–Kier alpha value is -0.450. The number of rotatable bonds is 2. The van der Waals surface area contributed by atoms with Crippen LogP contribution in [0.25, 0.3) is 0 Å². The highest BCUT2D eigenvalue weighted by atomic mass is 127. The molecule has 0 saturated carbocycles. The zero-order chi connectivity index (χ0) is 7.40. The van der Waals surface area contributed by atoms with Gasteiger partial charge in [0, 0.05) is 6.20 Å². The van der Waals surface area contributed by atoms with Crippen molar-refractivity contribution in [3.05, 3.63) is 30.1 Å². The maximum Gasteiger partial charge on any atom is 0.190 e. The summed E-state index contributed by atoms with van der Waals surface area (Å²) in [5.74, 6) is 0.0844. The number of nitrogens with zero attached hydrogens (tertiary/aromatic N) is 1. The van der Waals surface area contributed by atoms with Crippen LogP contribution in [-0.4, -0.2) is 15.2 Å². The van der Waals surface area contributed by atoms with E-state index in [1.807, 2.05) is 28.7 Å². The van der Waals surface area contributed by atoms with Crippen LogP contribution in [0.1, 0.15) is 10.5 Å². The third-order valence-corrected chi connectivity index (χ3v) is 1.76. The molecule has 0 spiro atoms. The van der Waals surface area contributed by atoms with Gasteiger partial charge >= 0.3 is 0 Å². The fraction of sp³-hybridized carbons (Fsp3) is 0.143. The number of Topliss-reactive ketones (excluding diaryl/α,β-unsaturated/α-hetero) is 1. The van der Waals surface area contributed by atoms with Gasteiger partial charge < -0.3 is 0 Å². The number of hydrogen-bond donors (Lipinski definition) is 0. The summed E-state index contributed by atoms with van der Waals surface area (Å²) >= 11 is 2.03. The molecule has 2 nitrogen and oxygen atoms in total. The molecule has 3 heteroatoms. The lowest BCUT2D eigenvalue weighted by molar-refractivity contribution is 0.102. The molecule has 0 aliphatic heterocycles. The fourth-order valence-corrected chi connectivity index (χ4v) is 0.987. The minimum Gasteiger partial charge on any atom is -0.292 e. The van der Waals surface area contributed by atoms with Crippen LogP contribution in [0.3, 0.4) is 0 Å². The minimum absolute atomic E-state index is 0.0844. The van der Waals surface area contributed by atoms with Gasteiger partial charge in [-0.15, -0.1) is 0 Å². The molecule has 1 aromatic heterocycles. The van der Waals surface area contributed by atoms with Gasteiger partial charge in [-0.05, 0) is 12.1 Å². The molecule has 0 N–H and O–H groups in total. The molecule has 0 aliphatic carbocycles. The summed E-state index contributed by atoms with van der Waals surface area (Å²) < 4.78 is 0.495. The quantitative estimate of drug-likeness (QED) is 0.452. The monoisotopic (exact) mass is 247 g/mol. The molecule has 0 unspecified atom stereocenters. The predicted molar refractivity (Wildman–Crippen MR) is 47.5 cm³/mol. The van der Waals surface area contributed by atoms with Gasteiger partial charge in [0.15, 0.2) is 5.78 Å². The molecular weight excluding hydrogens is 241 g/mol. The summed E-state index contributed by atoms with van der Waals surface area (Å²) in [5.41, 5.74) is 0.553. The van der Waals surface area contributed by atoms with E-state index in [1.165, 1.54) is 0 Å². The van der Waals surface area contributed by atoms with Crippen molar-refractivity contribution in [2.75, 3.05) is 4.43 Å². The van der Waals surface area contributed by atoms with Crippen LogP contribution < -0.4 is 0 Å². The Kier molecular flexibility index (Phi) is 2.80. The Balaban J connectivity index is 2.85. The van der Waals surface area contributed by atoms with Gasteiger partial charge in [0.2, 0.25) is 0 Å². The van der Waals surface area contributed by atoms with Gasteiger partial charge in [-0.25, -0.2) is 0 Å². The van der Waals surface area contributed by atoms with Crippen LogP contribution in [0, 0.1) is 0 Å². The molecular formula is C7H6INO. The summed E-state index contributed by atoms with van der Waals surface area (Å²) in [5, 5.41) is 0. The van der Waals surface area contributed by atoms with E-state index in [0.717, 1.165) is 0 Å². The first-order valence-corrected chi connectivity index (χ1v) is 4.37. The molecule has 1 rings (SSSR count). The molecule has 0 atom stereocenters. The van der Waals surface area contributed by atoms with Crippen molar-refractivity contribution in [1.82, 2.24) is 4.98 Å². The molecule has 10 heavy (non-hydrogen) atoms. The Bertz CT molecular complexity index is 222. The first-order valence-electron chi connectivity index (χ1n) is 2.85. The number of carbonyl (C=O) groups excluding carboxylic acids is 1. The van der Waals surface area contributed by atoms with Crippen LogP contribution in [0.5, 0.6) is 0 Å². The Morgan fingerprint density at radius 3 is 2.90 bits per heavy atom. The smallest absolute Gasteiger partial charge is 0.190 e. The number of ketones is 1. The van der Waals surface area contributed by atoms with E-state index >= 15 is 0 Å². The SMILES string of the molecule is O=C(CI)c1ccccn1. The Labute approximate surface area is 72.8 Å². The van der Waals surface area contributed by atoms with Gasteiger partial charge in [-0.3, -0.25) is 9.78 Å². The lowest BCUT2D eigenvalue weighted by atomic mass is 10.3. The maximum absolute atomic E-state index is 10.9. The zero-order valence-electron chi connectivity index (χ0n) is 5.25. The molecule has 0 amide bonds. The summed E-state index contributed by atoms with van der Waals surface area (Å²) in [6, 6.07) is 5.33. The fourth-order valence-electron chi connectivity index (χ4n) is 0.596. The summed E-state index contributed by atoms with van der Waals surface area (Å²) in [7, 11) is 0. The van der Waals surface area contributed by atoms with E-state index in [-0.39, 0.29) is 5.78 Å². The standard InChI is InChI=1S/C7H6INO/c8-5-7(10)6-3-1-2-4-9-6/h1-4H,5H2. The van der Waals surface area contributed by atoms with Gasteiger partial charge in [0.1, 0.15) is 5.69 Å². The first-order chi connectivity index (χ1) is 4.84. The van der Waals surface area contributed by atoms with Crippen LogP contribution in [0.4, 0.5) is 0 Å². The average Bonchev–Trinajstić information content (AvgIpc) is 2.05. The van der Waals surface area contributed by atoms with Crippen LogP contribution >= 0.6 is 22.6 Å². The van der Waals surface area contributed by atoms with Crippen LogP contribution in [-0.2, 0) is 0 Å². The lowest BCUT2D eigenvalue weighted by Gasteiger charge is -1.91. The van der Waals surface area contributed by atoms with Gasteiger partial charge in [-0.2, -0.15) is 0 Å². The minimum atomic E-state index is 0.0844. The van der Waals surface area contributed by atoms with E-state index in [4.69, 9.17) is 0 Å². The molecule has 1 aromatic rings. The molecule has 1 heterocycles. The van der Waals surface area contributed by atoms with Gasteiger partial charge in [-0.1, -0.05) is 28.7 Å². The summed E-state index contributed by atoms with van der Waals surface area (Å²) in [6.07, 6.45) is 1.62. The van der Waals surface area contributed by atoms with Gasteiger partial charge in [0.25, 0.3) is 0 Å². The van der Waals surface area contributed by atoms with Crippen molar-refractivity contribution < 1.29 is 4.79 Å². The summed E-state index contributed by atoms with van der Waals surface area (Å²) in [6.45, 7) is 0. The van der Waals surface area contributed by atoms with Crippen molar-refractivity contribution in [3.8, 4) is 0 Å². The lowest BCUT2D eigenvalue weighted by Crippen LogP contribution is -2.01. The topological polar surface area (TPSA) is 30.0 Å². The number of aromatic nitrogens is 1. The molecule has 0 aromatic carbocycles. The highest BCUT2D eigenvalue weighted by Crippen LogP contribution is 1.97. The number of alkyl halides is 1. The van der Waals surface area contributed by atoms with E-state index in [2.05, 4.69) is 4.98 Å². The number of carbonyl (C=O) groups is 1. The highest BCUT2D eigenvalue weighted by Gasteiger charge is 2.01. The molecule has 0 fully saturated rings. The van der Waals surface area contributed by atoms with E-state index < -0.39 is 0 Å². The zero-order valence-corrected chi connectivity index (χ0v) is 7.41. The second-order valence-electron chi connectivity index (χ2n) is 1.77. The molecule has 0 aliphatic rings. The predicted octanol–water partition coefficient (Wildman–Crippen LogP) is 1.70. The largest absolute Gasteiger partial charge is 0.292 e. The maximum atomic E-state index is 10.9. The number of hydrogen-bond acceptors (Lipinski definition) is 2. The Morgan fingerprint density at radius 2 is 2.40 bits per heavy atom. The first kappa shape index (κ1) is 7.65. The number of pyridine rings is 1. The molecule has 0 saturated heterocycles. The van der Waals surface area contributed by atoms with E-state index in [0.29, 0.717) is 10.1 Å². The normalized spacial score (nSPS) is 9.30. The third-order valence-electron chi connectivity index (χ3n) is 1.07. The number of halogens is 1. The summed E-state index contributed by atoms with van der Waals surface area (Å²) in [4.78, 5) is 14.8. The molecule has 52 valence electrons. The van der Waals surface area contributed by atoms with E-state index in [1.54, 1.807) is 18.3 Å². The molecule has 0 radical (unpaired) electrons. The second-order valence-corrected chi connectivity index (χ2v) is 2.53. The molecule has 0 bridgehead atoms. The van der Waals surface area contributed by atoms with Crippen LogP contribution in [0.15, 0.2) is 24.4 Å². The van der Waals surface area contributed by atoms with Crippen molar-refractivity contribution >= 4 is 28.4 Å². The average molecular weight is 247 g/mol. The Morgan fingerprint density at radius 1 is 1.60 bits per heavy atom. The van der Waals surface area contributed by atoms with Crippen molar-refractivity contribution in [2.24, 2.45) is 0 Å². The highest BCUT2D eigenvalue weighted by molar-refractivity contribution is 14.1. The van der Waals surface area contributed by atoms with Crippen molar-refractivity contribution in [3.63, 3.8) is 0 Å². The van der Waals surface area contributed by atoms with Crippen molar-refractivity contribution in [1.29, 1.82) is 0 Å². The second kappa shape index (κ2) is 3.65. The van der Waals surface area contributed by atoms with E-state index in [9.17, 15) is 4.79 Å². The third kappa shape index (κ3) is 1.76. The van der Waals surface area contributed by atoms with Gasteiger partial charge in [0.05, 0.1) is 4.43 Å². The van der Waals surface area contributed by atoms with Crippen molar-refractivity contribution in [2.45, 2.75) is 0 Å².